The van der Waals surface area contributed by atoms with E-state index in [0.717, 1.165) is 38.5 Å². The molecule has 0 unspecified atom stereocenters. The fourth-order valence-corrected chi connectivity index (χ4v) is 10.9. The second-order valence-electron chi connectivity index (χ2n) is 11.8. The fraction of sp³-hybridized carbons (Fsp3) is 0.500. The number of esters is 1. The van der Waals surface area contributed by atoms with Crippen LogP contribution in [0.4, 0.5) is 4.79 Å². The second-order valence-corrected chi connectivity index (χ2v) is 16.1. The topological polar surface area (TPSA) is 65.1 Å². The lowest BCUT2D eigenvalue weighted by Gasteiger charge is -2.43. The summed E-state index contributed by atoms with van der Waals surface area (Å²) in [7, 11) is -1.10. The number of benzene rings is 2. The van der Waals surface area contributed by atoms with Gasteiger partial charge in [0.2, 0.25) is 0 Å². The van der Waals surface area contributed by atoms with E-state index in [9.17, 15) is 9.59 Å². The Labute approximate surface area is 234 Å². The number of hydrogen-bond acceptors (Lipinski definition) is 5. The van der Waals surface area contributed by atoms with E-state index in [0.29, 0.717) is 12.2 Å². The third-order valence-corrected chi connectivity index (χ3v) is 13.2. The van der Waals surface area contributed by atoms with Gasteiger partial charge in [-0.2, -0.15) is 0 Å². The summed E-state index contributed by atoms with van der Waals surface area (Å²) in [6, 6.07) is 21.4. The molecule has 0 aliphatic carbocycles. The molecule has 0 N–H and O–H groups in total. The van der Waals surface area contributed by atoms with E-state index in [2.05, 4.69) is 81.4 Å². The number of methoxy groups -OCH3 is 1. The molecule has 2 aromatic carbocycles. The van der Waals surface area contributed by atoms with Gasteiger partial charge in [0.05, 0.1) is 13.2 Å². The molecule has 2 aliphatic heterocycles. The van der Waals surface area contributed by atoms with Crippen LogP contribution in [-0.2, 0) is 18.7 Å². The zero-order valence-corrected chi connectivity index (χ0v) is 25.0. The highest BCUT2D eigenvalue weighted by Gasteiger charge is 2.50. The van der Waals surface area contributed by atoms with Crippen LogP contribution in [0.2, 0.25) is 5.04 Å². The maximum absolute atomic E-state index is 12.7. The number of unbranched alkanes of at least 4 members (excludes halogenated alkanes) is 2. The maximum atomic E-state index is 12.7. The minimum Gasteiger partial charge on any atom is -0.453 e. The predicted octanol–water partition coefficient (Wildman–Crippen LogP) is 5.59. The summed E-state index contributed by atoms with van der Waals surface area (Å²) in [6.07, 6.45) is 6.67. The zero-order valence-electron chi connectivity index (χ0n) is 24.0. The molecular weight excluding hydrogens is 506 g/mol. The van der Waals surface area contributed by atoms with Crippen molar-refractivity contribution in [3.63, 3.8) is 0 Å². The molecule has 39 heavy (non-hydrogen) atoms. The number of ether oxygens (including phenoxy) is 2. The molecule has 0 aromatic heterocycles. The molecule has 0 radical (unpaired) electrons. The highest BCUT2D eigenvalue weighted by Crippen LogP contribution is 2.37. The van der Waals surface area contributed by atoms with E-state index < -0.39 is 8.32 Å². The molecule has 2 aliphatic rings. The van der Waals surface area contributed by atoms with Crippen LogP contribution in [0, 0.1) is 0 Å². The van der Waals surface area contributed by atoms with Crippen molar-refractivity contribution in [2.75, 3.05) is 13.7 Å². The average molecular weight is 550 g/mol. The number of rotatable bonds is 10. The molecule has 1 fully saturated rings. The van der Waals surface area contributed by atoms with Gasteiger partial charge in [-0.1, -0.05) is 94.3 Å². The Bertz CT molecular complexity index is 1100. The number of cyclic esters (lactones) is 1. The first-order chi connectivity index (χ1) is 18.7. The van der Waals surface area contributed by atoms with Crippen LogP contribution in [0.15, 0.2) is 72.3 Å². The van der Waals surface area contributed by atoms with Crippen molar-refractivity contribution < 1.29 is 23.5 Å². The normalized spacial score (nSPS) is 21.6. The third kappa shape index (κ3) is 6.15. The minimum atomic E-state index is -2.52. The molecule has 0 bridgehead atoms. The summed E-state index contributed by atoms with van der Waals surface area (Å²) < 4.78 is 17.7. The average Bonchev–Trinajstić information content (AvgIpc) is 3.50. The van der Waals surface area contributed by atoms with Gasteiger partial charge in [0.25, 0.3) is 8.32 Å². The highest BCUT2D eigenvalue weighted by atomic mass is 28.4. The van der Waals surface area contributed by atoms with Crippen LogP contribution in [0.1, 0.15) is 66.2 Å². The lowest BCUT2D eigenvalue weighted by Crippen LogP contribution is -2.66. The molecule has 210 valence electrons. The van der Waals surface area contributed by atoms with Gasteiger partial charge in [-0.25, -0.2) is 9.59 Å². The van der Waals surface area contributed by atoms with E-state index in [-0.39, 0.29) is 35.3 Å². The summed E-state index contributed by atoms with van der Waals surface area (Å²) in [5.74, 6) is -0.297. The van der Waals surface area contributed by atoms with E-state index in [1.807, 2.05) is 11.0 Å². The molecule has 2 heterocycles. The monoisotopic (exact) mass is 549 g/mol. The smallest absolute Gasteiger partial charge is 0.410 e. The predicted molar refractivity (Wildman–Crippen MR) is 157 cm³/mol. The fourth-order valence-electron chi connectivity index (χ4n) is 6.31. The number of amides is 1. The quantitative estimate of drug-likeness (QED) is 0.219. The van der Waals surface area contributed by atoms with Crippen molar-refractivity contribution in [3.05, 3.63) is 72.3 Å². The lowest BCUT2D eigenvalue weighted by molar-refractivity contribution is -0.141. The van der Waals surface area contributed by atoms with Crippen molar-refractivity contribution in [2.45, 2.75) is 89.4 Å². The van der Waals surface area contributed by atoms with Crippen LogP contribution in [-0.4, -0.2) is 57.2 Å². The second kappa shape index (κ2) is 12.5. The maximum Gasteiger partial charge on any atom is 0.410 e. The first-order valence-electron chi connectivity index (χ1n) is 14.2. The molecular formula is C32H43NO5Si. The molecule has 7 heteroatoms. The summed E-state index contributed by atoms with van der Waals surface area (Å²) in [5.41, 5.74) is 0.606. The summed E-state index contributed by atoms with van der Waals surface area (Å²) in [5, 5.41) is 2.56. The minimum absolute atomic E-state index is 0.0356. The van der Waals surface area contributed by atoms with E-state index in [1.165, 1.54) is 17.5 Å². The molecule has 3 atom stereocenters. The SMILES string of the molecule is COC(=O)N1[C@H](CCCCCO[Si](c2ccccc2)(c2ccccc2)C(C)(C)C)CC[C@H]1[C@@H]1C=C(C)C(=O)O1. The first kappa shape index (κ1) is 29.1. The Hall–Kier alpha value is -2.90. The molecule has 0 spiro atoms. The van der Waals surface area contributed by atoms with Crippen molar-refractivity contribution >= 4 is 30.8 Å². The number of nitrogens with zero attached hydrogens (tertiary/aromatic N) is 1. The lowest BCUT2D eigenvalue weighted by atomic mass is 10.1. The van der Waals surface area contributed by atoms with Gasteiger partial charge in [0.15, 0.2) is 0 Å². The Morgan fingerprint density at radius 3 is 2.10 bits per heavy atom. The number of likely N-dealkylation sites (tertiary alicyclic amines) is 1. The molecule has 4 rings (SSSR count). The molecule has 6 nitrogen and oxygen atoms in total. The van der Waals surface area contributed by atoms with Crippen molar-refractivity contribution in [1.29, 1.82) is 0 Å². The summed E-state index contributed by atoms with van der Waals surface area (Å²) in [6.45, 7) is 9.36. The van der Waals surface area contributed by atoms with Gasteiger partial charge in [-0.15, -0.1) is 0 Å². The van der Waals surface area contributed by atoms with Crippen LogP contribution in [0.25, 0.3) is 0 Å². The molecule has 0 saturated carbocycles. The molecule has 2 aromatic rings. The zero-order chi connectivity index (χ0) is 28.0. The van der Waals surface area contributed by atoms with Gasteiger partial charge in [-0.05, 0) is 54.1 Å². The van der Waals surface area contributed by atoms with Gasteiger partial charge in [0, 0.05) is 18.2 Å². The summed E-state index contributed by atoms with van der Waals surface area (Å²) >= 11 is 0. The molecule has 1 amide bonds. The van der Waals surface area contributed by atoms with E-state index in [1.54, 1.807) is 6.92 Å². The number of hydrogen-bond donors (Lipinski definition) is 0. The largest absolute Gasteiger partial charge is 0.453 e. The Morgan fingerprint density at radius 2 is 1.59 bits per heavy atom. The van der Waals surface area contributed by atoms with Crippen LogP contribution >= 0.6 is 0 Å². The third-order valence-electron chi connectivity index (χ3n) is 8.21. The standard InChI is InChI=1S/C32H43NO5Si/c1-24-23-29(38-30(24)34)28-21-20-25(33(28)31(35)36-5)15-9-8-14-22-37-39(32(2,3)4,26-16-10-6-11-17-26)27-18-12-7-13-19-27/h6-7,10-13,16-19,23,25,28-29H,8-9,14-15,20-22H2,1-5H3/t25-,28+,29+/m1/s1. The van der Waals surface area contributed by atoms with Gasteiger partial charge in [-0.3, -0.25) is 4.90 Å². The van der Waals surface area contributed by atoms with Gasteiger partial charge >= 0.3 is 12.1 Å². The van der Waals surface area contributed by atoms with Crippen molar-refractivity contribution in [1.82, 2.24) is 4.90 Å². The van der Waals surface area contributed by atoms with Crippen LogP contribution in [0.5, 0.6) is 0 Å². The molecule has 1 saturated heterocycles. The van der Waals surface area contributed by atoms with Crippen molar-refractivity contribution in [3.8, 4) is 0 Å². The van der Waals surface area contributed by atoms with Crippen LogP contribution < -0.4 is 10.4 Å². The Kier molecular flexibility index (Phi) is 9.34. The van der Waals surface area contributed by atoms with Gasteiger partial charge < -0.3 is 13.9 Å². The van der Waals surface area contributed by atoms with E-state index >= 15 is 0 Å². The van der Waals surface area contributed by atoms with Crippen LogP contribution in [0.3, 0.4) is 0 Å². The Balaban J connectivity index is 1.37. The first-order valence-corrected chi connectivity index (χ1v) is 16.1. The van der Waals surface area contributed by atoms with E-state index in [4.69, 9.17) is 13.9 Å². The van der Waals surface area contributed by atoms with Gasteiger partial charge in [0.1, 0.15) is 6.10 Å². The number of carbonyl (C=O) groups excluding carboxylic acids is 2. The highest BCUT2D eigenvalue weighted by molar-refractivity contribution is 6.99. The van der Waals surface area contributed by atoms with Crippen molar-refractivity contribution in [2.24, 2.45) is 0 Å². The summed E-state index contributed by atoms with van der Waals surface area (Å²) in [4.78, 5) is 26.4. The number of carbonyl (C=O) groups is 2. The Morgan fingerprint density at radius 1 is 0.974 bits per heavy atom.